The second kappa shape index (κ2) is 7.74. The van der Waals surface area contributed by atoms with Gasteiger partial charge in [-0.15, -0.1) is 11.3 Å². The molecule has 1 amide bonds. The Hall–Kier alpha value is -2.28. The summed E-state index contributed by atoms with van der Waals surface area (Å²) in [4.78, 5) is 35.7. The van der Waals surface area contributed by atoms with E-state index in [0.29, 0.717) is 37.4 Å². The van der Waals surface area contributed by atoms with Gasteiger partial charge in [-0.3, -0.25) is 14.6 Å². The molecule has 1 saturated heterocycles. The first-order valence-corrected chi connectivity index (χ1v) is 9.25. The zero-order chi connectivity index (χ0) is 17.8. The van der Waals surface area contributed by atoms with E-state index in [2.05, 4.69) is 9.97 Å². The third-order valence-electron chi connectivity index (χ3n) is 4.30. The Balaban J connectivity index is 1.68. The highest BCUT2D eigenvalue weighted by Crippen LogP contribution is 2.29. The highest BCUT2D eigenvalue weighted by atomic mass is 32.1. The van der Waals surface area contributed by atoms with E-state index in [1.807, 2.05) is 30.9 Å². The number of rotatable bonds is 4. The summed E-state index contributed by atoms with van der Waals surface area (Å²) in [5.74, 6) is -0.257. The number of ether oxygens (including phenoxy) is 1. The first kappa shape index (κ1) is 17.5. The summed E-state index contributed by atoms with van der Waals surface area (Å²) in [6, 6.07) is 3.79. The molecule has 1 fully saturated rings. The fourth-order valence-corrected chi connectivity index (χ4v) is 3.95. The van der Waals surface area contributed by atoms with Crippen LogP contribution >= 0.6 is 11.3 Å². The lowest BCUT2D eigenvalue weighted by molar-refractivity contribution is -0.149. The van der Waals surface area contributed by atoms with Gasteiger partial charge in [0.05, 0.1) is 18.2 Å². The minimum absolute atomic E-state index is 0.00699. The number of hydrogen-bond donors (Lipinski definition) is 0. The average molecular weight is 359 g/mol. The summed E-state index contributed by atoms with van der Waals surface area (Å²) in [6.07, 6.45) is 4.76. The van der Waals surface area contributed by atoms with E-state index in [4.69, 9.17) is 4.74 Å². The van der Waals surface area contributed by atoms with Crippen LogP contribution < -0.4 is 0 Å². The summed E-state index contributed by atoms with van der Waals surface area (Å²) < 4.78 is 5.08. The molecule has 132 valence electrons. The van der Waals surface area contributed by atoms with Crippen LogP contribution in [-0.2, 0) is 9.53 Å². The maximum Gasteiger partial charge on any atom is 0.309 e. The minimum atomic E-state index is -0.151. The number of nitrogens with zero attached hydrogens (tertiary/aromatic N) is 3. The predicted molar refractivity (Wildman–Crippen MR) is 95.3 cm³/mol. The zero-order valence-corrected chi connectivity index (χ0v) is 15.2. The van der Waals surface area contributed by atoms with E-state index >= 15 is 0 Å². The molecule has 0 bridgehead atoms. The van der Waals surface area contributed by atoms with Crippen LogP contribution in [0, 0.1) is 12.8 Å². The third kappa shape index (κ3) is 3.87. The number of likely N-dealkylation sites (tertiary alicyclic amines) is 1. The van der Waals surface area contributed by atoms with Crippen molar-refractivity contribution >= 4 is 23.2 Å². The Morgan fingerprint density at radius 2 is 2.12 bits per heavy atom. The highest BCUT2D eigenvalue weighted by Gasteiger charge is 2.30. The Labute approximate surface area is 150 Å². The molecular formula is C18H21N3O3S. The Morgan fingerprint density at radius 1 is 1.36 bits per heavy atom. The molecular weight excluding hydrogens is 338 g/mol. The summed E-state index contributed by atoms with van der Waals surface area (Å²) >= 11 is 1.40. The van der Waals surface area contributed by atoms with Crippen LogP contribution in [0.5, 0.6) is 0 Å². The lowest BCUT2D eigenvalue weighted by Crippen LogP contribution is -2.40. The van der Waals surface area contributed by atoms with E-state index in [1.54, 1.807) is 12.4 Å². The van der Waals surface area contributed by atoms with Crippen LogP contribution in [0.4, 0.5) is 0 Å². The van der Waals surface area contributed by atoms with Crippen LogP contribution in [0.15, 0.2) is 24.5 Å². The van der Waals surface area contributed by atoms with Crippen LogP contribution in [0.25, 0.3) is 10.6 Å². The first-order chi connectivity index (χ1) is 12.1. The average Bonchev–Trinajstić information content (AvgIpc) is 3.04. The van der Waals surface area contributed by atoms with Crippen molar-refractivity contribution in [1.82, 2.24) is 14.9 Å². The second-order valence-electron chi connectivity index (χ2n) is 5.99. The number of pyridine rings is 1. The molecule has 25 heavy (non-hydrogen) atoms. The molecule has 1 aliphatic heterocycles. The van der Waals surface area contributed by atoms with Crippen molar-refractivity contribution in [2.45, 2.75) is 26.7 Å². The van der Waals surface area contributed by atoms with E-state index in [0.717, 1.165) is 16.3 Å². The molecule has 2 aromatic rings. The number of aryl methyl sites for hydroxylation is 1. The lowest BCUT2D eigenvalue weighted by Gasteiger charge is -2.30. The van der Waals surface area contributed by atoms with Crippen molar-refractivity contribution in [2.75, 3.05) is 19.7 Å². The lowest BCUT2D eigenvalue weighted by atomic mass is 9.97. The molecule has 0 N–H and O–H groups in total. The number of carbonyl (C=O) groups excluding carboxylic acids is 2. The van der Waals surface area contributed by atoms with E-state index in [9.17, 15) is 9.59 Å². The standard InChI is InChI=1S/C18H21N3O3S/c1-3-24-18(23)13-6-9-21(10-7-13)17(22)15-12(2)20-16(25-15)14-5-4-8-19-11-14/h4-5,8,11,13H,3,6-7,9-10H2,1-2H3. The number of esters is 1. The van der Waals surface area contributed by atoms with Gasteiger partial charge in [-0.2, -0.15) is 0 Å². The Kier molecular flexibility index (Phi) is 5.43. The number of amides is 1. The van der Waals surface area contributed by atoms with Gasteiger partial charge >= 0.3 is 5.97 Å². The summed E-state index contributed by atoms with van der Waals surface area (Å²) in [5, 5.41) is 0.801. The van der Waals surface area contributed by atoms with Crippen molar-refractivity contribution in [3.8, 4) is 10.6 Å². The van der Waals surface area contributed by atoms with E-state index in [1.165, 1.54) is 11.3 Å². The van der Waals surface area contributed by atoms with Crippen molar-refractivity contribution in [3.63, 3.8) is 0 Å². The minimum Gasteiger partial charge on any atom is -0.466 e. The number of thiazole rings is 1. The molecule has 6 nitrogen and oxygen atoms in total. The van der Waals surface area contributed by atoms with Crippen molar-refractivity contribution in [2.24, 2.45) is 5.92 Å². The predicted octanol–water partition coefficient (Wildman–Crippen LogP) is 2.93. The molecule has 0 radical (unpaired) electrons. The third-order valence-corrected chi connectivity index (χ3v) is 5.50. The van der Waals surface area contributed by atoms with Crippen molar-refractivity contribution in [1.29, 1.82) is 0 Å². The topological polar surface area (TPSA) is 72.4 Å². The molecule has 0 unspecified atom stereocenters. The van der Waals surface area contributed by atoms with Gasteiger partial charge in [0.2, 0.25) is 0 Å². The smallest absolute Gasteiger partial charge is 0.309 e. The Bertz CT molecular complexity index is 752. The Morgan fingerprint density at radius 3 is 2.76 bits per heavy atom. The van der Waals surface area contributed by atoms with Gasteiger partial charge in [-0.05, 0) is 38.8 Å². The normalized spacial score (nSPS) is 15.2. The van der Waals surface area contributed by atoms with Gasteiger partial charge < -0.3 is 9.64 Å². The van der Waals surface area contributed by atoms with Crippen LogP contribution in [0.3, 0.4) is 0 Å². The first-order valence-electron chi connectivity index (χ1n) is 8.44. The fourth-order valence-electron chi connectivity index (χ4n) is 2.93. The fraction of sp³-hybridized carbons (Fsp3) is 0.444. The zero-order valence-electron chi connectivity index (χ0n) is 14.4. The van der Waals surface area contributed by atoms with Gasteiger partial charge in [0.1, 0.15) is 9.88 Å². The van der Waals surface area contributed by atoms with Gasteiger partial charge in [-0.1, -0.05) is 0 Å². The maximum atomic E-state index is 12.8. The quantitative estimate of drug-likeness (QED) is 0.785. The second-order valence-corrected chi connectivity index (χ2v) is 6.99. The summed E-state index contributed by atoms with van der Waals surface area (Å²) in [6.45, 7) is 5.21. The molecule has 0 aromatic carbocycles. The maximum absolute atomic E-state index is 12.8. The molecule has 0 atom stereocenters. The van der Waals surface area contributed by atoms with Gasteiger partial charge in [-0.25, -0.2) is 4.98 Å². The highest BCUT2D eigenvalue weighted by molar-refractivity contribution is 7.17. The SMILES string of the molecule is CCOC(=O)C1CCN(C(=O)c2sc(-c3cccnc3)nc2C)CC1. The van der Waals surface area contributed by atoms with Gasteiger partial charge in [0.15, 0.2) is 0 Å². The molecule has 3 heterocycles. The monoisotopic (exact) mass is 359 g/mol. The van der Waals surface area contributed by atoms with Crippen molar-refractivity contribution in [3.05, 3.63) is 35.1 Å². The molecule has 0 saturated carbocycles. The van der Waals surface area contributed by atoms with E-state index in [-0.39, 0.29) is 17.8 Å². The number of aromatic nitrogens is 2. The van der Waals surface area contributed by atoms with Crippen LogP contribution in [0.2, 0.25) is 0 Å². The summed E-state index contributed by atoms with van der Waals surface area (Å²) in [7, 11) is 0. The summed E-state index contributed by atoms with van der Waals surface area (Å²) in [5.41, 5.74) is 1.65. The molecule has 2 aromatic heterocycles. The van der Waals surface area contributed by atoms with Gasteiger partial charge in [0.25, 0.3) is 5.91 Å². The van der Waals surface area contributed by atoms with Crippen molar-refractivity contribution < 1.29 is 14.3 Å². The molecule has 7 heteroatoms. The van der Waals surface area contributed by atoms with Crippen LogP contribution in [-0.4, -0.2) is 46.4 Å². The molecule has 0 aliphatic carbocycles. The number of piperidine rings is 1. The van der Waals surface area contributed by atoms with Gasteiger partial charge in [0, 0.05) is 31.0 Å². The molecule has 3 rings (SSSR count). The largest absolute Gasteiger partial charge is 0.466 e. The molecule has 0 spiro atoms. The number of carbonyl (C=O) groups is 2. The molecule has 1 aliphatic rings. The van der Waals surface area contributed by atoms with Crippen LogP contribution in [0.1, 0.15) is 35.1 Å². The van der Waals surface area contributed by atoms with E-state index < -0.39 is 0 Å². The number of hydrogen-bond acceptors (Lipinski definition) is 6.